The summed E-state index contributed by atoms with van der Waals surface area (Å²) in [5.74, 6) is 1.34. The van der Waals surface area contributed by atoms with Crippen LogP contribution in [0.3, 0.4) is 0 Å². The first-order valence-corrected chi connectivity index (χ1v) is 6.11. The zero-order valence-electron chi connectivity index (χ0n) is 11.4. The molecular formula is C16H18O3. The van der Waals surface area contributed by atoms with Crippen molar-refractivity contribution >= 4 is 0 Å². The fourth-order valence-electron chi connectivity index (χ4n) is 2.02. The van der Waals surface area contributed by atoms with Crippen molar-refractivity contribution in [2.24, 2.45) is 0 Å². The molecule has 0 aliphatic rings. The van der Waals surface area contributed by atoms with Gasteiger partial charge in [-0.15, -0.1) is 0 Å². The maximum absolute atomic E-state index is 10.4. The Balaban J connectivity index is 2.40. The number of aryl methyl sites for hydroxylation is 1. The summed E-state index contributed by atoms with van der Waals surface area (Å²) in [6, 6.07) is 13.2. The van der Waals surface area contributed by atoms with Gasteiger partial charge in [-0.25, -0.2) is 0 Å². The number of hydrogen-bond acceptors (Lipinski definition) is 3. The molecule has 1 N–H and O–H groups in total. The van der Waals surface area contributed by atoms with Crippen LogP contribution >= 0.6 is 0 Å². The lowest BCUT2D eigenvalue weighted by Crippen LogP contribution is -2.01. The highest BCUT2D eigenvalue weighted by atomic mass is 16.5. The quantitative estimate of drug-likeness (QED) is 0.915. The molecule has 0 aromatic heterocycles. The third-order valence-corrected chi connectivity index (χ3v) is 3.05. The molecule has 19 heavy (non-hydrogen) atoms. The van der Waals surface area contributed by atoms with Gasteiger partial charge in [-0.2, -0.15) is 0 Å². The molecule has 2 aromatic carbocycles. The van der Waals surface area contributed by atoms with Crippen LogP contribution in [0.4, 0.5) is 0 Å². The molecule has 1 unspecified atom stereocenters. The Labute approximate surface area is 113 Å². The Bertz CT molecular complexity index is 541. The van der Waals surface area contributed by atoms with Crippen LogP contribution < -0.4 is 9.47 Å². The van der Waals surface area contributed by atoms with E-state index < -0.39 is 6.10 Å². The number of methoxy groups -OCH3 is 2. The van der Waals surface area contributed by atoms with Gasteiger partial charge < -0.3 is 14.6 Å². The molecule has 0 spiro atoms. The number of aliphatic hydroxyl groups is 1. The van der Waals surface area contributed by atoms with E-state index in [1.54, 1.807) is 20.3 Å². The monoisotopic (exact) mass is 258 g/mol. The predicted octanol–water partition coefficient (Wildman–Crippen LogP) is 3.09. The lowest BCUT2D eigenvalue weighted by molar-refractivity contribution is 0.219. The van der Waals surface area contributed by atoms with Crippen LogP contribution in [0.2, 0.25) is 0 Å². The zero-order chi connectivity index (χ0) is 13.8. The molecule has 0 aliphatic carbocycles. The lowest BCUT2D eigenvalue weighted by atomic mass is 9.99. The average Bonchev–Trinajstić information content (AvgIpc) is 2.45. The number of benzene rings is 2. The first kappa shape index (κ1) is 13.4. The van der Waals surface area contributed by atoms with E-state index in [2.05, 4.69) is 0 Å². The Hall–Kier alpha value is -2.00. The largest absolute Gasteiger partial charge is 0.497 e. The highest BCUT2D eigenvalue weighted by molar-refractivity contribution is 5.42. The third-order valence-electron chi connectivity index (χ3n) is 3.05. The average molecular weight is 258 g/mol. The summed E-state index contributed by atoms with van der Waals surface area (Å²) in [7, 11) is 3.19. The molecule has 0 saturated carbocycles. The molecule has 3 heteroatoms. The molecule has 2 rings (SSSR count). The van der Waals surface area contributed by atoms with Crippen molar-refractivity contribution in [2.45, 2.75) is 13.0 Å². The van der Waals surface area contributed by atoms with Gasteiger partial charge >= 0.3 is 0 Å². The molecule has 0 saturated heterocycles. The molecule has 100 valence electrons. The second-order valence-electron chi connectivity index (χ2n) is 4.46. The Kier molecular flexibility index (Phi) is 4.07. The molecule has 2 aromatic rings. The summed E-state index contributed by atoms with van der Waals surface area (Å²) < 4.78 is 10.4. The van der Waals surface area contributed by atoms with Crippen LogP contribution in [0.5, 0.6) is 11.5 Å². The molecule has 3 nitrogen and oxygen atoms in total. The van der Waals surface area contributed by atoms with Gasteiger partial charge in [-0.1, -0.05) is 29.8 Å². The normalized spacial score (nSPS) is 12.0. The fraction of sp³-hybridized carbons (Fsp3) is 0.250. The van der Waals surface area contributed by atoms with Crippen molar-refractivity contribution in [3.05, 3.63) is 59.2 Å². The van der Waals surface area contributed by atoms with E-state index in [9.17, 15) is 5.11 Å². The van der Waals surface area contributed by atoms with Gasteiger partial charge in [0, 0.05) is 6.07 Å². The fourth-order valence-corrected chi connectivity index (χ4v) is 2.02. The minimum Gasteiger partial charge on any atom is -0.497 e. The number of ether oxygens (including phenoxy) is 2. The van der Waals surface area contributed by atoms with Gasteiger partial charge in [0.05, 0.1) is 14.2 Å². The lowest BCUT2D eigenvalue weighted by Gasteiger charge is -2.14. The summed E-state index contributed by atoms with van der Waals surface area (Å²) in [5, 5.41) is 10.4. The van der Waals surface area contributed by atoms with E-state index in [0.29, 0.717) is 11.5 Å². The third kappa shape index (κ3) is 3.06. The van der Waals surface area contributed by atoms with Crippen LogP contribution in [-0.2, 0) is 0 Å². The van der Waals surface area contributed by atoms with Crippen LogP contribution in [0, 0.1) is 6.92 Å². The molecule has 0 radical (unpaired) electrons. The molecule has 0 heterocycles. The summed E-state index contributed by atoms with van der Waals surface area (Å²) in [5.41, 5.74) is 2.73. The van der Waals surface area contributed by atoms with E-state index >= 15 is 0 Å². The standard InChI is InChI=1S/C16H18O3/c1-11-5-4-6-12(7-11)16(17)13-8-14(18-2)10-15(9-13)19-3/h4-10,16-17H,1-3H3. The van der Waals surface area contributed by atoms with E-state index in [4.69, 9.17) is 9.47 Å². The van der Waals surface area contributed by atoms with Gasteiger partial charge in [0.25, 0.3) is 0 Å². The van der Waals surface area contributed by atoms with Crippen LogP contribution in [0.1, 0.15) is 22.8 Å². The molecule has 0 amide bonds. The zero-order valence-corrected chi connectivity index (χ0v) is 11.4. The van der Waals surface area contributed by atoms with E-state index in [-0.39, 0.29) is 0 Å². The smallest absolute Gasteiger partial charge is 0.122 e. The summed E-state index contributed by atoms with van der Waals surface area (Å²) >= 11 is 0. The van der Waals surface area contributed by atoms with Crippen LogP contribution in [0.15, 0.2) is 42.5 Å². The first-order chi connectivity index (χ1) is 9.13. The highest BCUT2D eigenvalue weighted by Crippen LogP contribution is 2.30. The highest BCUT2D eigenvalue weighted by Gasteiger charge is 2.13. The van der Waals surface area contributed by atoms with Crippen molar-refractivity contribution < 1.29 is 14.6 Å². The number of hydrogen-bond donors (Lipinski definition) is 1. The molecule has 0 fully saturated rings. The minimum atomic E-state index is -0.691. The first-order valence-electron chi connectivity index (χ1n) is 6.11. The number of rotatable bonds is 4. The van der Waals surface area contributed by atoms with Crippen LogP contribution in [-0.4, -0.2) is 19.3 Å². The Morgan fingerprint density at radius 3 is 2.05 bits per heavy atom. The van der Waals surface area contributed by atoms with Gasteiger partial charge in [-0.3, -0.25) is 0 Å². The Morgan fingerprint density at radius 1 is 0.895 bits per heavy atom. The van der Waals surface area contributed by atoms with Crippen molar-refractivity contribution in [1.29, 1.82) is 0 Å². The SMILES string of the molecule is COc1cc(OC)cc(C(O)c2cccc(C)c2)c1. The maximum Gasteiger partial charge on any atom is 0.122 e. The van der Waals surface area contributed by atoms with Crippen molar-refractivity contribution in [3.8, 4) is 11.5 Å². The number of aliphatic hydroxyl groups excluding tert-OH is 1. The van der Waals surface area contributed by atoms with Crippen LogP contribution in [0.25, 0.3) is 0 Å². The van der Waals surface area contributed by atoms with Gasteiger partial charge in [0.15, 0.2) is 0 Å². The molecule has 0 aliphatic heterocycles. The topological polar surface area (TPSA) is 38.7 Å². The Morgan fingerprint density at radius 2 is 1.53 bits per heavy atom. The second kappa shape index (κ2) is 5.76. The summed E-state index contributed by atoms with van der Waals surface area (Å²) in [4.78, 5) is 0. The van der Waals surface area contributed by atoms with Crippen molar-refractivity contribution in [3.63, 3.8) is 0 Å². The summed E-state index contributed by atoms with van der Waals surface area (Å²) in [6.45, 7) is 2.00. The maximum atomic E-state index is 10.4. The second-order valence-corrected chi connectivity index (χ2v) is 4.46. The van der Waals surface area contributed by atoms with Gasteiger partial charge in [0.1, 0.15) is 17.6 Å². The summed E-state index contributed by atoms with van der Waals surface area (Å²) in [6.07, 6.45) is -0.691. The van der Waals surface area contributed by atoms with Crippen molar-refractivity contribution in [2.75, 3.05) is 14.2 Å². The predicted molar refractivity (Wildman–Crippen MR) is 74.8 cm³/mol. The van der Waals surface area contributed by atoms with E-state index in [1.807, 2.05) is 43.3 Å². The minimum absolute atomic E-state index is 0.668. The van der Waals surface area contributed by atoms with Crippen molar-refractivity contribution in [1.82, 2.24) is 0 Å². The van der Waals surface area contributed by atoms with Gasteiger partial charge in [-0.05, 0) is 30.2 Å². The van der Waals surface area contributed by atoms with Gasteiger partial charge in [0.2, 0.25) is 0 Å². The van der Waals surface area contributed by atoms with E-state index in [0.717, 1.165) is 16.7 Å². The van der Waals surface area contributed by atoms with E-state index in [1.165, 1.54) is 0 Å². The molecule has 0 bridgehead atoms. The molecular weight excluding hydrogens is 240 g/mol. The molecule has 1 atom stereocenters.